The number of hydrogen-bond donors (Lipinski definition) is 2. The molecular formula is C19H16ClNO6. The van der Waals surface area contributed by atoms with Gasteiger partial charge in [0, 0.05) is 5.56 Å². The van der Waals surface area contributed by atoms with Crippen LogP contribution in [0.25, 0.3) is 5.76 Å². The van der Waals surface area contributed by atoms with Gasteiger partial charge in [-0.1, -0.05) is 6.07 Å². The molecule has 0 saturated carbocycles. The van der Waals surface area contributed by atoms with Crippen molar-refractivity contribution in [1.29, 1.82) is 0 Å². The number of carbonyl (C=O) groups excluding carboxylic acids is 2. The maximum absolute atomic E-state index is 12.4. The smallest absolute Gasteiger partial charge is 0.293 e. The number of rotatable bonds is 3. The molecule has 7 nitrogen and oxygen atoms in total. The molecule has 2 heterocycles. The molecule has 1 unspecified atom stereocenters. The van der Waals surface area contributed by atoms with Crippen LogP contribution in [0.2, 0.25) is 0 Å². The zero-order valence-corrected chi connectivity index (χ0v) is 15.0. The van der Waals surface area contributed by atoms with Gasteiger partial charge in [-0.2, -0.15) is 0 Å². The van der Waals surface area contributed by atoms with E-state index in [0.29, 0.717) is 28.4 Å². The third kappa shape index (κ3) is 3.17. The molecule has 2 aromatic carbocycles. The number of Topliss-reactive ketones (excluding diaryl/α,β-unsaturated/α-hetero) is 1. The lowest BCUT2D eigenvalue weighted by Gasteiger charge is -2.14. The van der Waals surface area contributed by atoms with Gasteiger partial charge in [0.05, 0.1) is 18.7 Å². The molecule has 0 aromatic heterocycles. The summed E-state index contributed by atoms with van der Waals surface area (Å²) in [7, 11) is 1.53. The van der Waals surface area contributed by atoms with E-state index in [1.54, 1.807) is 42.5 Å². The number of fused-ring (bicyclic) bond motifs is 1. The Hall–Kier alpha value is -3.19. The van der Waals surface area contributed by atoms with Crippen molar-refractivity contribution in [2.24, 2.45) is 0 Å². The van der Waals surface area contributed by atoms with Crippen LogP contribution >= 0.6 is 12.4 Å². The van der Waals surface area contributed by atoms with E-state index in [4.69, 9.17) is 14.2 Å². The zero-order valence-electron chi connectivity index (χ0n) is 14.2. The third-order valence-electron chi connectivity index (χ3n) is 4.36. The van der Waals surface area contributed by atoms with Gasteiger partial charge in [-0.15, -0.1) is 12.4 Å². The Morgan fingerprint density at radius 2 is 1.81 bits per heavy atom. The summed E-state index contributed by atoms with van der Waals surface area (Å²) in [5.41, 5.74) is 1.03. The molecule has 2 aromatic rings. The number of nitrogens with one attached hydrogen (secondary N) is 1. The van der Waals surface area contributed by atoms with E-state index in [1.807, 2.05) is 0 Å². The molecule has 1 atom stereocenters. The number of aliphatic hydroxyl groups is 1. The number of amides is 1. The van der Waals surface area contributed by atoms with Gasteiger partial charge in [-0.25, -0.2) is 0 Å². The second-order valence-corrected chi connectivity index (χ2v) is 5.84. The van der Waals surface area contributed by atoms with Crippen LogP contribution in [0.3, 0.4) is 0 Å². The fourth-order valence-corrected chi connectivity index (χ4v) is 3.01. The number of halogens is 1. The van der Waals surface area contributed by atoms with Crippen LogP contribution in [0.4, 0.5) is 0 Å². The summed E-state index contributed by atoms with van der Waals surface area (Å²) in [5.74, 6) is -0.0399. The Kier molecular flexibility index (Phi) is 4.96. The van der Waals surface area contributed by atoms with E-state index < -0.39 is 17.7 Å². The number of ether oxygens (including phenoxy) is 3. The van der Waals surface area contributed by atoms with E-state index in [1.165, 1.54) is 7.11 Å². The summed E-state index contributed by atoms with van der Waals surface area (Å²) >= 11 is 0. The highest BCUT2D eigenvalue weighted by Crippen LogP contribution is 2.38. The Bertz CT molecular complexity index is 938. The number of aliphatic hydroxyl groups excluding tert-OH is 1. The van der Waals surface area contributed by atoms with Gasteiger partial charge in [0.2, 0.25) is 6.79 Å². The lowest BCUT2D eigenvalue weighted by molar-refractivity contribution is -0.133. The average Bonchev–Trinajstić information content (AvgIpc) is 3.25. The molecule has 0 bridgehead atoms. The Balaban J connectivity index is 0.00000210. The molecule has 4 rings (SSSR count). The molecule has 0 aliphatic carbocycles. The molecule has 0 radical (unpaired) electrons. The highest BCUT2D eigenvalue weighted by Gasteiger charge is 2.40. The van der Waals surface area contributed by atoms with Gasteiger partial charge in [-0.3, -0.25) is 9.59 Å². The SMILES string of the molecule is COc1ccc(/C(O)=C2\C(=O)C(=O)NC2c2ccc3c(c2)OCO3)cc1.Cl. The van der Waals surface area contributed by atoms with Crippen LogP contribution in [0.5, 0.6) is 17.2 Å². The predicted octanol–water partition coefficient (Wildman–Crippen LogP) is 2.56. The van der Waals surface area contributed by atoms with Crippen LogP contribution < -0.4 is 19.5 Å². The zero-order chi connectivity index (χ0) is 18.3. The quantitative estimate of drug-likeness (QED) is 0.476. The third-order valence-corrected chi connectivity index (χ3v) is 4.36. The first kappa shape index (κ1) is 18.6. The van der Waals surface area contributed by atoms with Gasteiger partial charge >= 0.3 is 0 Å². The van der Waals surface area contributed by atoms with Crippen LogP contribution in [-0.4, -0.2) is 30.7 Å². The number of ketones is 1. The summed E-state index contributed by atoms with van der Waals surface area (Å²) in [4.78, 5) is 24.3. The Labute approximate surface area is 161 Å². The van der Waals surface area contributed by atoms with Crippen molar-refractivity contribution < 1.29 is 28.9 Å². The van der Waals surface area contributed by atoms with Crippen LogP contribution in [0, 0.1) is 0 Å². The molecule has 1 saturated heterocycles. The van der Waals surface area contributed by atoms with Crippen molar-refractivity contribution in [3.05, 3.63) is 59.2 Å². The summed E-state index contributed by atoms with van der Waals surface area (Å²) in [5, 5.41) is 13.3. The largest absolute Gasteiger partial charge is 0.507 e. The number of methoxy groups -OCH3 is 1. The number of benzene rings is 2. The van der Waals surface area contributed by atoms with Gasteiger partial charge in [0.15, 0.2) is 11.5 Å². The Morgan fingerprint density at radius 3 is 2.52 bits per heavy atom. The van der Waals surface area contributed by atoms with E-state index in [2.05, 4.69) is 5.32 Å². The average molecular weight is 390 g/mol. The first-order valence-corrected chi connectivity index (χ1v) is 7.91. The molecule has 1 fully saturated rings. The van der Waals surface area contributed by atoms with Gasteiger partial charge in [0.25, 0.3) is 11.7 Å². The number of carbonyl (C=O) groups is 2. The summed E-state index contributed by atoms with van der Waals surface area (Å²) in [6, 6.07) is 10.9. The van der Waals surface area contributed by atoms with Crippen molar-refractivity contribution in [2.45, 2.75) is 6.04 Å². The fourth-order valence-electron chi connectivity index (χ4n) is 3.01. The molecule has 2 aliphatic heterocycles. The summed E-state index contributed by atoms with van der Waals surface area (Å²) < 4.78 is 15.7. The van der Waals surface area contributed by atoms with Crippen molar-refractivity contribution in [2.75, 3.05) is 13.9 Å². The highest BCUT2D eigenvalue weighted by atomic mass is 35.5. The number of hydrogen-bond acceptors (Lipinski definition) is 6. The second kappa shape index (κ2) is 7.20. The van der Waals surface area contributed by atoms with E-state index in [-0.39, 0.29) is 30.5 Å². The Morgan fingerprint density at radius 1 is 1.11 bits per heavy atom. The molecule has 0 spiro atoms. The monoisotopic (exact) mass is 389 g/mol. The standard InChI is InChI=1S/C19H15NO6.ClH/c1-24-12-5-2-10(3-6-12)17(21)15-16(20-19(23)18(15)22)11-4-7-13-14(8-11)26-9-25-13;/h2-8,16,21H,9H2,1H3,(H,20,23);1H/b17-15+;. The molecule has 140 valence electrons. The maximum Gasteiger partial charge on any atom is 0.293 e. The van der Waals surface area contributed by atoms with Crippen LogP contribution in [0.1, 0.15) is 17.2 Å². The molecule has 2 N–H and O–H groups in total. The predicted molar refractivity (Wildman–Crippen MR) is 98.2 cm³/mol. The summed E-state index contributed by atoms with van der Waals surface area (Å²) in [6.07, 6.45) is 0. The van der Waals surface area contributed by atoms with Gasteiger partial charge in [0.1, 0.15) is 11.5 Å². The first-order chi connectivity index (χ1) is 12.6. The fraction of sp³-hybridized carbons (Fsp3) is 0.158. The second-order valence-electron chi connectivity index (χ2n) is 5.84. The minimum Gasteiger partial charge on any atom is -0.507 e. The minimum atomic E-state index is -0.772. The summed E-state index contributed by atoms with van der Waals surface area (Å²) in [6.45, 7) is 0.120. The molecule has 1 amide bonds. The van der Waals surface area contributed by atoms with Crippen molar-refractivity contribution in [3.63, 3.8) is 0 Å². The minimum absolute atomic E-state index is 0. The first-order valence-electron chi connectivity index (χ1n) is 7.91. The van der Waals surface area contributed by atoms with Crippen LogP contribution in [0.15, 0.2) is 48.0 Å². The maximum atomic E-state index is 12.4. The van der Waals surface area contributed by atoms with E-state index >= 15 is 0 Å². The normalized spacial score (nSPS) is 19.4. The van der Waals surface area contributed by atoms with Crippen LogP contribution in [-0.2, 0) is 9.59 Å². The van der Waals surface area contributed by atoms with Crippen molar-refractivity contribution in [3.8, 4) is 17.2 Å². The molecular weight excluding hydrogens is 374 g/mol. The van der Waals surface area contributed by atoms with Gasteiger partial charge in [-0.05, 0) is 42.0 Å². The molecule has 2 aliphatic rings. The van der Waals surface area contributed by atoms with E-state index in [0.717, 1.165) is 0 Å². The topological polar surface area (TPSA) is 94.1 Å². The molecule has 8 heteroatoms. The lowest BCUT2D eigenvalue weighted by atomic mass is 9.95. The van der Waals surface area contributed by atoms with Crippen molar-refractivity contribution >= 4 is 29.9 Å². The lowest BCUT2D eigenvalue weighted by Crippen LogP contribution is -2.21. The van der Waals surface area contributed by atoms with Crippen molar-refractivity contribution in [1.82, 2.24) is 5.32 Å². The van der Waals surface area contributed by atoms with E-state index in [9.17, 15) is 14.7 Å². The van der Waals surface area contributed by atoms with Gasteiger partial charge < -0.3 is 24.6 Å². The molecule has 27 heavy (non-hydrogen) atoms. The highest BCUT2D eigenvalue weighted by molar-refractivity contribution is 6.46.